The summed E-state index contributed by atoms with van der Waals surface area (Å²) in [6.07, 6.45) is 0. The molecule has 0 spiro atoms. The molecular formula is C20H30N6. The van der Waals surface area contributed by atoms with Crippen LogP contribution in [-0.4, -0.2) is 46.6 Å². The van der Waals surface area contributed by atoms with Crippen LogP contribution >= 0.6 is 0 Å². The Morgan fingerprint density at radius 1 is 0.808 bits per heavy atom. The molecule has 0 aromatic carbocycles. The summed E-state index contributed by atoms with van der Waals surface area (Å²) in [5, 5.41) is 17.6. The first-order chi connectivity index (χ1) is 12.1. The molecule has 0 radical (unpaired) electrons. The summed E-state index contributed by atoms with van der Waals surface area (Å²) >= 11 is 0. The molecule has 0 atom stereocenters. The topological polar surface area (TPSA) is 58.0 Å². The molecule has 2 aromatic rings. The first-order valence-electron chi connectivity index (χ1n) is 9.22. The molecule has 26 heavy (non-hydrogen) atoms. The molecule has 3 rings (SSSR count). The minimum atomic E-state index is 0.0231. The van der Waals surface area contributed by atoms with Gasteiger partial charge < -0.3 is 9.80 Å². The average molecular weight is 355 g/mol. The Balaban J connectivity index is 1.60. The molecule has 140 valence electrons. The summed E-state index contributed by atoms with van der Waals surface area (Å²) in [6.45, 7) is 14.7. The fourth-order valence-electron chi connectivity index (χ4n) is 2.88. The third kappa shape index (κ3) is 3.79. The van der Waals surface area contributed by atoms with E-state index in [2.05, 4.69) is 103 Å². The molecule has 1 aliphatic heterocycles. The Labute approximate surface area is 156 Å². The van der Waals surface area contributed by atoms with Gasteiger partial charge in [0.1, 0.15) is 0 Å². The van der Waals surface area contributed by atoms with Crippen LogP contribution in [0, 0.1) is 0 Å². The summed E-state index contributed by atoms with van der Waals surface area (Å²) in [7, 11) is 2.08. The minimum Gasteiger partial charge on any atom is -0.352 e. The van der Waals surface area contributed by atoms with E-state index in [4.69, 9.17) is 0 Å². The highest BCUT2D eigenvalue weighted by molar-refractivity contribution is 5.47. The van der Waals surface area contributed by atoms with Gasteiger partial charge in [0, 0.05) is 31.0 Å². The normalized spacial score (nSPS) is 15.7. The lowest BCUT2D eigenvalue weighted by atomic mass is 9.92. The highest BCUT2D eigenvalue weighted by atomic mass is 15.4. The van der Waals surface area contributed by atoms with Gasteiger partial charge in [0.2, 0.25) is 0 Å². The molecule has 2 aromatic heterocycles. The Morgan fingerprint density at radius 3 is 1.77 bits per heavy atom. The summed E-state index contributed by atoms with van der Waals surface area (Å²) in [5.41, 5.74) is 2.08. The zero-order valence-corrected chi connectivity index (χ0v) is 17.0. The molecule has 1 aliphatic rings. The van der Waals surface area contributed by atoms with E-state index in [-0.39, 0.29) is 10.8 Å². The lowest BCUT2D eigenvalue weighted by Crippen LogP contribution is -2.59. The SMILES string of the molecule is CN(c1ccc(C(C)(C)C)nn1)C1CN(c2ccc(C(C)(C)C)nn2)C1. The molecule has 6 nitrogen and oxygen atoms in total. The first-order valence-corrected chi connectivity index (χ1v) is 9.22. The number of nitrogens with zero attached hydrogens (tertiary/aromatic N) is 6. The maximum Gasteiger partial charge on any atom is 0.151 e. The van der Waals surface area contributed by atoms with Gasteiger partial charge in [-0.15, -0.1) is 10.2 Å². The van der Waals surface area contributed by atoms with Crippen molar-refractivity contribution in [2.45, 2.75) is 58.4 Å². The van der Waals surface area contributed by atoms with E-state index in [1.165, 1.54) is 0 Å². The van der Waals surface area contributed by atoms with Crippen molar-refractivity contribution in [1.29, 1.82) is 0 Å². The van der Waals surface area contributed by atoms with E-state index in [1.807, 2.05) is 0 Å². The fraction of sp³-hybridized carbons (Fsp3) is 0.600. The second kappa shape index (κ2) is 6.49. The van der Waals surface area contributed by atoms with Gasteiger partial charge in [0.25, 0.3) is 0 Å². The van der Waals surface area contributed by atoms with Crippen molar-refractivity contribution in [1.82, 2.24) is 20.4 Å². The highest BCUT2D eigenvalue weighted by Gasteiger charge is 2.32. The largest absolute Gasteiger partial charge is 0.352 e. The highest BCUT2D eigenvalue weighted by Crippen LogP contribution is 2.26. The van der Waals surface area contributed by atoms with Gasteiger partial charge in [-0.1, -0.05) is 41.5 Å². The number of hydrogen-bond donors (Lipinski definition) is 0. The minimum absolute atomic E-state index is 0.0231. The van der Waals surface area contributed by atoms with Gasteiger partial charge in [-0.3, -0.25) is 0 Å². The number of anilines is 2. The molecule has 0 amide bonds. The molecule has 6 heteroatoms. The third-order valence-electron chi connectivity index (χ3n) is 4.93. The van der Waals surface area contributed by atoms with E-state index in [9.17, 15) is 0 Å². The number of likely N-dealkylation sites (N-methyl/N-ethyl adjacent to an activating group) is 1. The molecule has 0 N–H and O–H groups in total. The van der Waals surface area contributed by atoms with Gasteiger partial charge >= 0.3 is 0 Å². The quantitative estimate of drug-likeness (QED) is 0.844. The Bertz CT molecular complexity index is 734. The van der Waals surface area contributed by atoms with E-state index in [0.717, 1.165) is 36.1 Å². The van der Waals surface area contributed by atoms with Crippen LogP contribution in [0.15, 0.2) is 24.3 Å². The van der Waals surface area contributed by atoms with Crippen molar-refractivity contribution in [3.63, 3.8) is 0 Å². The van der Waals surface area contributed by atoms with Crippen LogP contribution in [0.5, 0.6) is 0 Å². The second-order valence-electron chi connectivity index (χ2n) is 9.22. The van der Waals surface area contributed by atoms with Crippen molar-refractivity contribution in [2.24, 2.45) is 0 Å². The standard InChI is InChI=1S/C20H30N6/c1-19(2,3)15-8-10-17(23-21-15)25(7)14-12-26(13-14)18-11-9-16(22-24-18)20(4,5)6/h8-11,14H,12-13H2,1-7H3. The Hall–Kier alpha value is -2.24. The van der Waals surface area contributed by atoms with Crippen molar-refractivity contribution in [3.05, 3.63) is 35.7 Å². The summed E-state index contributed by atoms with van der Waals surface area (Å²) < 4.78 is 0. The molecule has 0 unspecified atom stereocenters. The molecule has 3 heterocycles. The van der Waals surface area contributed by atoms with E-state index >= 15 is 0 Å². The van der Waals surface area contributed by atoms with Gasteiger partial charge in [0.15, 0.2) is 11.6 Å². The maximum absolute atomic E-state index is 4.41. The smallest absolute Gasteiger partial charge is 0.151 e. The van der Waals surface area contributed by atoms with Crippen LogP contribution < -0.4 is 9.80 Å². The van der Waals surface area contributed by atoms with Crippen molar-refractivity contribution in [2.75, 3.05) is 29.9 Å². The maximum atomic E-state index is 4.41. The van der Waals surface area contributed by atoms with E-state index < -0.39 is 0 Å². The molecule has 0 saturated carbocycles. The Kier molecular flexibility index (Phi) is 4.63. The number of aromatic nitrogens is 4. The predicted molar refractivity (Wildman–Crippen MR) is 106 cm³/mol. The van der Waals surface area contributed by atoms with Crippen LogP contribution in [0.3, 0.4) is 0 Å². The van der Waals surface area contributed by atoms with Gasteiger partial charge in [0.05, 0.1) is 17.4 Å². The van der Waals surface area contributed by atoms with Gasteiger partial charge in [-0.2, -0.15) is 10.2 Å². The van der Waals surface area contributed by atoms with E-state index in [1.54, 1.807) is 0 Å². The average Bonchev–Trinajstić information content (AvgIpc) is 2.52. The zero-order chi connectivity index (χ0) is 19.1. The second-order valence-corrected chi connectivity index (χ2v) is 9.22. The summed E-state index contributed by atoms with van der Waals surface area (Å²) in [6, 6.07) is 8.70. The van der Waals surface area contributed by atoms with Crippen molar-refractivity contribution >= 4 is 11.6 Å². The predicted octanol–water partition coefficient (Wildman–Crippen LogP) is 3.19. The summed E-state index contributed by atoms with van der Waals surface area (Å²) in [5.74, 6) is 1.86. The first kappa shape index (κ1) is 18.5. The van der Waals surface area contributed by atoms with Crippen LogP contribution in [0.1, 0.15) is 52.9 Å². The molecule has 0 aliphatic carbocycles. The van der Waals surface area contributed by atoms with Crippen LogP contribution in [0.25, 0.3) is 0 Å². The van der Waals surface area contributed by atoms with E-state index in [0.29, 0.717) is 6.04 Å². The third-order valence-corrected chi connectivity index (χ3v) is 4.93. The summed E-state index contributed by atoms with van der Waals surface area (Å²) in [4.78, 5) is 4.45. The van der Waals surface area contributed by atoms with Crippen LogP contribution in [0.4, 0.5) is 11.6 Å². The fourth-order valence-corrected chi connectivity index (χ4v) is 2.88. The van der Waals surface area contributed by atoms with Crippen molar-refractivity contribution in [3.8, 4) is 0 Å². The van der Waals surface area contributed by atoms with Gasteiger partial charge in [-0.05, 0) is 24.3 Å². The van der Waals surface area contributed by atoms with Crippen molar-refractivity contribution < 1.29 is 0 Å². The zero-order valence-electron chi connectivity index (χ0n) is 17.0. The molecular weight excluding hydrogens is 324 g/mol. The van der Waals surface area contributed by atoms with Crippen LogP contribution in [0.2, 0.25) is 0 Å². The molecule has 1 fully saturated rings. The Morgan fingerprint density at radius 2 is 1.35 bits per heavy atom. The lowest BCUT2D eigenvalue weighted by Gasteiger charge is -2.44. The molecule has 1 saturated heterocycles. The monoisotopic (exact) mass is 354 g/mol. The number of hydrogen-bond acceptors (Lipinski definition) is 6. The number of rotatable bonds is 3. The molecule has 0 bridgehead atoms. The lowest BCUT2D eigenvalue weighted by molar-refractivity contribution is 0.482. The van der Waals surface area contributed by atoms with Crippen LogP contribution in [-0.2, 0) is 10.8 Å². The van der Waals surface area contributed by atoms with Gasteiger partial charge in [-0.25, -0.2) is 0 Å².